The second-order valence-electron chi connectivity index (χ2n) is 5.77. The fourth-order valence-corrected chi connectivity index (χ4v) is 2.31. The molecule has 0 unspecified atom stereocenters. The number of benzene rings is 2. The Bertz CT molecular complexity index is 680. The van der Waals surface area contributed by atoms with E-state index in [4.69, 9.17) is 4.74 Å². The molecule has 2 rings (SSSR count). The SMILES string of the molecule is CC(C)OCCCNC(=O)c1ccccc1C(=O)c1ccccc1. The van der Waals surface area contributed by atoms with Crippen LogP contribution in [-0.4, -0.2) is 30.9 Å². The number of hydrogen-bond acceptors (Lipinski definition) is 3. The van der Waals surface area contributed by atoms with Crippen LogP contribution in [0.2, 0.25) is 0 Å². The van der Waals surface area contributed by atoms with Gasteiger partial charge in [0.05, 0.1) is 11.7 Å². The second-order valence-corrected chi connectivity index (χ2v) is 5.77. The lowest BCUT2D eigenvalue weighted by Crippen LogP contribution is -2.27. The highest BCUT2D eigenvalue weighted by molar-refractivity contribution is 6.15. The number of ether oxygens (including phenoxy) is 1. The van der Waals surface area contributed by atoms with Gasteiger partial charge in [-0.15, -0.1) is 0 Å². The number of carbonyl (C=O) groups excluding carboxylic acids is 2. The molecule has 0 heterocycles. The quantitative estimate of drug-likeness (QED) is 0.597. The van der Waals surface area contributed by atoms with Crippen molar-refractivity contribution in [3.8, 4) is 0 Å². The highest BCUT2D eigenvalue weighted by Gasteiger charge is 2.17. The Hall–Kier alpha value is -2.46. The molecule has 0 fully saturated rings. The Morgan fingerprint density at radius 3 is 2.25 bits per heavy atom. The van der Waals surface area contributed by atoms with Crippen LogP contribution in [0.15, 0.2) is 54.6 Å². The van der Waals surface area contributed by atoms with E-state index in [1.54, 1.807) is 36.4 Å². The molecular formula is C20H23NO3. The van der Waals surface area contributed by atoms with E-state index in [1.165, 1.54) is 0 Å². The molecule has 0 aliphatic carbocycles. The van der Waals surface area contributed by atoms with Crippen LogP contribution in [0, 0.1) is 0 Å². The van der Waals surface area contributed by atoms with Gasteiger partial charge in [-0.1, -0.05) is 48.5 Å². The Kier molecular flexibility index (Phi) is 6.70. The summed E-state index contributed by atoms with van der Waals surface area (Å²) in [6.45, 7) is 5.07. The summed E-state index contributed by atoms with van der Waals surface area (Å²) < 4.78 is 5.44. The second kappa shape index (κ2) is 8.99. The fourth-order valence-electron chi connectivity index (χ4n) is 2.31. The summed E-state index contributed by atoms with van der Waals surface area (Å²) in [7, 11) is 0. The van der Waals surface area contributed by atoms with Gasteiger partial charge in [-0.3, -0.25) is 9.59 Å². The minimum atomic E-state index is -0.237. The Morgan fingerprint density at radius 2 is 1.58 bits per heavy atom. The maximum absolute atomic E-state index is 12.6. The van der Waals surface area contributed by atoms with Crippen LogP contribution in [0.5, 0.6) is 0 Å². The molecule has 126 valence electrons. The van der Waals surface area contributed by atoms with Crippen molar-refractivity contribution in [2.24, 2.45) is 0 Å². The number of nitrogens with one attached hydrogen (secondary N) is 1. The zero-order valence-corrected chi connectivity index (χ0v) is 14.1. The van der Waals surface area contributed by atoms with Crippen LogP contribution >= 0.6 is 0 Å². The van der Waals surface area contributed by atoms with Crippen molar-refractivity contribution in [3.05, 3.63) is 71.3 Å². The first-order valence-corrected chi connectivity index (χ1v) is 8.18. The van der Waals surface area contributed by atoms with Gasteiger partial charge in [0.25, 0.3) is 5.91 Å². The minimum absolute atomic E-state index is 0.149. The lowest BCUT2D eigenvalue weighted by molar-refractivity contribution is 0.0756. The molecule has 4 nitrogen and oxygen atoms in total. The van der Waals surface area contributed by atoms with Gasteiger partial charge in [-0.2, -0.15) is 0 Å². The lowest BCUT2D eigenvalue weighted by Gasteiger charge is -2.10. The van der Waals surface area contributed by atoms with Crippen molar-refractivity contribution in [1.29, 1.82) is 0 Å². The molecule has 0 saturated carbocycles. The molecule has 0 atom stereocenters. The van der Waals surface area contributed by atoms with Gasteiger partial charge in [-0.05, 0) is 26.3 Å². The topological polar surface area (TPSA) is 55.4 Å². The van der Waals surface area contributed by atoms with Crippen molar-refractivity contribution < 1.29 is 14.3 Å². The standard InChI is InChI=1S/C20H23NO3/c1-15(2)24-14-8-13-21-20(23)18-12-7-6-11-17(18)19(22)16-9-4-3-5-10-16/h3-7,9-12,15H,8,13-14H2,1-2H3,(H,21,23). The number of amides is 1. The van der Waals surface area contributed by atoms with E-state index < -0.39 is 0 Å². The van der Waals surface area contributed by atoms with Crippen molar-refractivity contribution in [1.82, 2.24) is 5.32 Å². The summed E-state index contributed by atoms with van der Waals surface area (Å²) in [5, 5.41) is 2.85. The Balaban J connectivity index is 2.03. The molecule has 4 heteroatoms. The molecule has 0 radical (unpaired) electrons. The normalized spacial score (nSPS) is 10.6. The summed E-state index contributed by atoms with van der Waals surface area (Å²) in [4.78, 5) is 25.0. The van der Waals surface area contributed by atoms with Gasteiger partial charge in [0.1, 0.15) is 0 Å². The van der Waals surface area contributed by atoms with E-state index in [-0.39, 0.29) is 17.8 Å². The van der Waals surface area contributed by atoms with E-state index in [0.29, 0.717) is 29.8 Å². The maximum Gasteiger partial charge on any atom is 0.252 e. The van der Waals surface area contributed by atoms with Crippen molar-refractivity contribution >= 4 is 11.7 Å². The van der Waals surface area contributed by atoms with E-state index in [9.17, 15) is 9.59 Å². The van der Waals surface area contributed by atoms with Crippen LogP contribution in [0.3, 0.4) is 0 Å². The molecule has 0 aliphatic rings. The van der Waals surface area contributed by atoms with Crippen LogP contribution in [-0.2, 0) is 4.74 Å². The van der Waals surface area contributed by atoms with E-state index in [0.717, 1.165) is 6.42 Å². The average molecular weight is 325 g/mol. The van der Waals surface area contributed by atoms with Gasteiger partial charge in [0.2, 0.25) is 0 Å². The first-order valence-electron chi connectivity index (χ1n) is 8.18. The largest absolute Gasteiger partial charge is 0.379 e. The summed E-state index contributed by atoms with van der Waals surface area (Å²) in [5.74, 6) is -0.385. The lowest BCUT2D eigenvalue weighted by atomic mass is 9.98. The number of rotatable bonds is 8. The third-order valence-electron chi connectivity index (χ3n) is 3.51. The molecule has 24 heavy (non-hydrogen) atoms. The zero-order chi connectivity index (χ0) is 17.4. The molecule has 1 amide bonds. The van der Waals surface area contributed by atoms with Crippen molar-refractivity contribution in [2.75, 3.05) is 13.2 Å². The Labute approximate surface area is 142 Å². The van der Waals surface area contributed by atoms with Gasteiger partial charge in [0.15, 0.2) is 5.78 Å². The van der Waals surface area contributed by atoms with Crippen molar-refractivity contribution in [3.63, 3.8) is 0 Å². The molecular weight excluding hydrogens is 302 g/mol. The van der Waals surface area contributed by atoms with Gasteiger partial charge in [-0.25, -0.2) is 0 Å². The van der Waals surface area contributed by atoms with E-state index >= 15 is 0 Å². The number of ketones is 1. The fraction of sp³-hybridized carbons (Fsp3) is 0.300. The van der Waals surface area contributed by atoms with Gasteiger partial charge in [0, 0.05) is 24.3 Å². The van der Waals surface area contributed by atoms with Crippen LogP contribution < -0.4 is 5.32 Å². The van der Waals surface area contributed by atoms with E-state index in [2.05, 4.69) is 5.32 Å². The third kappa shape index (κ3) is 5.03. The van der Waals surface area contributed by atoms with Crippen molar-refractivity contribution in [2.45, 2.75) is 26.4 Å². The summed E-state index contributed by atoms with van der Waals surface area (Å²) in [6, 6.07) is 15.9. The third-order valence-corrected chi connectivity index (χ3v) is 3.51. The average Bonchev–Trinajstić information content (AvgIpc) is 2.61. The summed E-state index contributed by atoms with van der Waals surface area (Å²) in [5.41, 5.74) is 1.39. The predicted molar refractivity (Wildman–Crippen MR) is 94.4 cm³/mol. The highest BCUT2D eigenvalue weighted by Crippen LogP contribution is 2.14. The zero-order valence-electron chi connectivity index (χ0n) is 14.1. The molecule has 1 N–H and O–H groups in total. The molecule has 2 aromatic carbocycles. The van der Waals surface area contributed by atoms with Crippen LogP contribution in [0.25, 0.3) is 0 Å². The Morgan fingerprint density at radius 1 is 0.958 bits per heavy atom. The first-order chi connectivity index (χ1) is 11.6. The first kappa shape index (κ1) is 17.9. The monoisotopic (exact) mass is 325 g/mol. The molecule has 0 spiro atoms. The van der Waals surface area contributed by atoms with Gasteiger partial charge >= 0.3 is 0 Å². The van der Waals surface area contributed by atoms with Gasteiger partial charge < -0.3 is 10.1 Å². The summed E-state index contributed by atoms with van der Waals surface area (Å²) in [6.07, 6.45) is 0.920. The number of carbonyl (C=O) groups is 2. The molecule has 0 saturated heterocycles. The summed E-state index contributed by atoms with van der Waals surface area (Å²) >= 11 is 0. The van der Waals surface area contributed by atoms with Crippen LogP contribution in [0.1, 0.15) is 46.5 Å². The molecule has 0 aromatic heterocycles. The minimum Gasteiger partial charge on any atom is -0.379 e. The molecule has 2 aromatic rings. The highest BCUT2D eigenvalue weighted by atomic mass is 16.5. The molecule has 0 bridgehead atoms. The van der Waals surface area contributed by atoms with Crippen LogP contribution in [0.4, 0.5) is 0 Å². The number of hydrogen-bond donors (Lipinski definition) is 1. The molecule has 0 aliphatic heterocycles. The van der Waals surface area contributed by atoms with E-state index in [1.807, 2.05) is 32.0 Å². The maximum atomic E-state index is 12.6. The smallest absolute Gasteiger partial charge is 0.252 e. The predicted octanol–water partition coefficient (Wildman–Crippen LogP) is 3.46.